The molecule has 1 fully saturated rings. The molecule has 0 aromatic heterocycles. The van der Waals surface area contributed by atoms with Gasteiger partial charge >= 0.3 is 5.69 Å². The molecule has 0 atom stereocenters. The minimum absolute atomic E-state index is 0.0540. The Morgan fingerprint density at radius 1 is 1.15 bits per heavy atom. The Morgan fingerprint density at radius 2 is 1.74 bits per heavy atom. The summed E-state index contributed by atoms with van der Waals surface area (Å²) in [5.74, 6) is -1.58. The molecule has 144 valence electrons. The highest BCUT2D eigenvalue weighted by molar-refractivity contribution is 7.90. The SMILES string of the molecule is CS(=O)(=O)c1cccc(Nc2cc(F)c(N3CCCC3)c(F)c2)c1[N+](=O)[O-]. The van der Waals surface area contributed by atoms with Gasteiger partial charge in [-0.25, -0.2) is 17.2 Å². The molecular weight excluding hydrogens is 380 g/mol. The minimum Gasteiger partial charge on any atom is -0.367 e. The van der Waals surface area contributed by atoms with Crippen LogP contribution in [-0.2, 0) is 9.84 Å². The Morgan fingerprint density at radius 3 is 2.26 bits per heavy atom. The number of hydrogen-bond acceptors (Lipinski definition) is 6. The predicted molar refractivity (Wildman–Crippen MR) is 97.3 cm³/mol. The number of nitro benzene ring substituents is 1. The second kappa shape index (κ2) is 7.10. The number of nitrogens with zero attached hydrogens (tertiary/aromatic N) is 2. The second-order valence-electron chi connectivity index (χ2n) is 6.29. The first kappa shape index (κ1) is 19.0. The van der Waals surface area contributed by atoms with Crippen LogP contribution < -0.4 is 10.2 Å². The first-order valence-corrected chi connectivity index (χ1v) is 10.1. The number of para-hydroxylation sites is 1. The molecule has 2 aromatic rings. The van der Waals surface area contributed by atoms with Crippen molar-refractivity contribution in [3.05, 3.63) is 52.1 Å². The molecule has 1 saturated heterocycles. The first-order valence-electron chi connectivity index (χ1n) is 8.17. The van der Waals surface area contributed by atoms with Crippen LogP contribution in [0.3, 0.4) is 0 Å². The Kier molecular flexibility index (Phi) is 5.01. The van der Waals surface area contributed by atoms with E-state index < -0.39 is 37.0 Å². The summed E-state index contributed by atoms with van der Waals surface area (Å²) in [6.45, 7) is 1.12. The standard InChI is InChI=1S/C17H17F2N3O4S/c1-27(25,26)15-6-4-5-14(17(15)22(23)24)20-11-9-12(18)16(13(19)10-11)21-7-2-3-8-21/h4-6,9-10,20H,2-3,7-8H2,1H3. The lowest BCUT2D eigenvalue weighted by atomic mass is 10.2. The molecule has 1 heterocycles. The number of rotatable bonds is 5. The normalized spacial score (nSPS) is 14.4. The third-order valence-electron chi connectivity index (χ3n) is 4.30. The van der Waals surface area contributed by atoms with Gasteiger partial charge in [-0.05, 0) is 37.1 Å². The lowest BCUT2D eigenvalue weighted by Gasteiger charge is -2.20. The Bertz CT molecular complexity index is 982. The third-order valence-corrected chi connectivity index (χ3v) is 5.43. The fourth-order valence-electron chi connectivity index (χ4n) is 3.15. The van der Waals surface area contributed by atoms with Crippen molar-refractivity contribution in [3.8, 4) is 0 Å². The highest BCUT2D eigenvalue weighted by Crippen LogP contribution is 2.36. The summed E-state index contributed by atoms with van der Waals surface area (Å²) in [4.78, 5) is 11.7. The molecule has 2 aromatic carbocycles. The van der Waals surface area contributed by atoms with Crippen LogP contribution in [0.5, 0.6) is 0 Å². The van der Waals surface area contributed by atoms with Gasteiger partial charge < -0.3 is 10.2 Å². The van der Waals surface area contributed by atoms with E-state index in [1.54, 1.807) is 4.90 Å². The average molecular weight is 397 g/mol. The summed E-state index contributed by atoms with van der Waals surface area (Å²) < 4.78 is 52.5. The third kappa shape index (κ3) is 3.85. The summed E-state index contributed by atoms with van der Waals surface area (Å²) in [5.41, 5.74) is -1.03. The van der Waals surface area contributed by atoms with Crippen molar-refractivity contribution in [1.29, 1.82) is 0 Å². The quantitative estimate of drug-likeness (QED) is 0.612. The molecule has 0 bridgehead atoms. The molecule has 7 nitrogen and oxygen atoms in total. The summed E-state index contributed by atoms with van der Waals surface area (Å²) in [7, 11) is -3.86. The van der Waals surface area contributed by atoms with E-state index in [0.29, 0.717) is 13.1 Å². The van der Waals surface area contributed by atoms with E-state index >= 15 is 0 Å². The lowest BCUT2D eigenvalue weighted by molar-refractivity contribution is -0.386. The molecule has 0 spiro atoms. The van der Waals surface area contributed by atoms with E-state index in [9.17, 15) is 27.3 Å². The zero-order valence-corrected chi connectivity index (χ0v) is 15.2. The molecule has 27 heavy (non-hydrogen) atoms. The van der Waals surface area contributed by atoms with Gasteiger partial charge in [0.2, 0.25) is 0 Å². The summed E-state index contributed by atoms with van der Waals surface area (Å²) in [6.07, 6.45) is 2.55. The van der Waals surface area contributed by atoms with Crippen molar-refractivity contribution in [2.75, 3.05) is 29.6 Å². The Balaban J connectivity index is 2.02. The number of hydrogen-bond donors (Lipinski definition) is 1. The minimum atomic E-state index is -3.86. The van der Waals surface area contributed by atoms with E-state index in [-0.39, 0.29) is 17.1 Å². The summed E-state index contributed by atoms with van der Waals surface area (Å²) in [5, 5.41) is 13.9. The smallest absolute Gasteiger partial charge is 0.311 e. The maximum absolute atomic E-state index is 14.4. The Hall–Kier alpha value is -2.75. The van der Waals surface area contributed by atoms with Crippen LogP contribution in [0, 0.1) is 21.7 Å². The van der Waals surface area contributed by atoms with Crippen LogP contribution >= 0.6 is 0 Å². The van der Waals surface area contributed by atoms with Gasteiger partial charge in [0, 0.05) is 25.0 Å². The topological polar surface area (TPSA) is 92.6 Å². The fraction of sp³-hybridized carbons (Fsp3) is 0.294. The molecule has 0 radical (unpaired) electrons. The molecule has 0 amide bonds. The zero-order chi connectivity index (χ0) is 19.8. The highest BCUT2D eigenvalue weighted by Gasteiger charge is 2.27. The highest BCUT2D eigenvalue weighted by atomic mass is 32.2. The van der Waals surface area contributed by atoms with Crippen molar-refractivity contribution in [1.82, 2.24) is 0 Å². The van der Waals surface area contributed by atoms with E-state index in [1.807, 2.05) is 0 Å². The van der Waals surface area contributed by atoms with Crippen LogP contribution in [0.15, 0.2) is 35.2 Å². The number of anilines is 3. The van der Waals surface area contributed by atoms with Crippen molar-refractivity contribution in [2.24, 2.45) is 0 Å². The molecular formula is C17H17F2N3O4S. The molecule has 0 aliphatic carbocycles. The van der Waals surface area contributed by atoms with Crippen LogP contribution in [0.25, 0.3) is 0 Å². The van der Waals surface area contributed by atoms with Crippen LogP contribution in [0.4, 0.5) is 31.5 Å². The van der Waals surface area contributed by atoms with Crippen molar-refractivity contribution >= 4 is 32.6 Å². The van der Waals surface area contributed by atoms with Gasteiger partial charge in [-0.2, -0.15) is 0 Å². The van der Waals surface area contributed by atoms with Gasteiger partial charge in [-0.3, -0.25) is 10.1 Å². The van der Waals surface area contributed by atoms with Gasteiger partial charge in [-0.15, -0.1) is 0 Å². The van der Waals surface area contributed by atoms with Gasteiger partial charge in [0.05, 0.1) is 4.92 Å². The second-order valence-corrected chi connectivity index (χ2v) is 8.27. The molecule has 10 heteroatoms. The van der Waals surface area contributed by atoms with E-state index in [2.05, 4.69) is 5.32 Å². The number of halogens is 2. The number of sulfone groups is 1. The van der Waals surface area contributed by atoms with E-state index in [1.165, 1.54) is 12.1 Å². The number of nitrogens with one attached hydrogen (secondary N) is 1. The van der Waals surface area contributed by atoms with Crippen molar-refractivity contribution in [3.63, 3.8) is 0 Å². The molecule has 0 saturated carbocycles. The lowest BCUT2D eigenvalue weighted by Crippen LogP contribution is -2.20. The summed E-state index contributed by atoms with van der Waals surface area (Å²) >= 11 is 0. The van der Waals surface area contributed by atoms with Crippen LogP contribution in [-0.4, -0.2) is 32.7 Å². The van der Waals surface area contributed by atoms with E-state index in [4.69, 9.17) is 0 Å². The summed E-state index contributed by atoms with van der Waals surface area (Å²) in [6, 6.07) is 5.77. The first-order chi connectivity index (χ1) is 12.7. The van der Waals surface area contributed by atoms with Crippen molar-refractivity contribution < 1.29 is 22.1 Å². The van der Waals surface area contributed by atoms with Gasteiger partial charge in [0.1, 0.15) is 16.3 Å². The van der Waals surface area contributed by atoms with Gasteiger partial charge in [-0.1, -0.05) is 6.07 Å². The monoisotopic (exact) mass is 397 g/mol. The maximum Gasteiger partial charge on any atom is 0.311 e. The largest absolute Gasteiger partial charge is 0.367 e. The van der Waals surface area contributed by atoms with E-state index in [0.717, 1.165) is 37.3 Å². The number of benzene rings is 2. The molecule has 0 unspecified atom stereocenters. The van der Waals surface area contributed by atoms with Crippen molar-refractivity contribution in [2.45, 2.75) is 17.7 Å². The molecule has 3 rings (SSSR count). The fourth-order valence-corrected chi connectivity index (χ4v) is 4.01. The Labute approximate surface area is 154 Å². The number of nitro groups is 1. The zero-order valence-electron chi connectivity index (χ0n) is 14.4. The molecule has 1 N–H and O–H groups in total. The maximum atomic E-state index is 14.4. The van der Waals surface area contributed by atoms with Gasteiger partial charge in [0.25, 0.3) is 0 Å². The van der Waals surface area contributed by atoms with Crippen LogP contribution in [0.2, 0.25) is 0 Å². The average Bonchev–Trinajstić information content (AvgIpc) is 3.07. The van der Waals surface area contributed by atoms with Gasteiger partial charge in [0.15, 0.2) is 21.5 Å². The molecule has 1 aliphatic rings. The van der Waals surface area contributed by atoms with Crippen LogP contribution in [0.1, 0.15) is 12.8 Å². The molecule has 1 aliphatic heterocycles. The predicted octanol–water partition coefficient (Wildman–Crippen LogP) is 3.62.